The smallest absolute Gasteiger partial charge is 0.319 e. The number of hydrogen-bond donors (Lipinski definition) is 0. The number of Topliss-reactive ketones (excluding diaryl/α,β-unsaturated/α-hetero) is 1. The molecule has 9 nitrogen and oxygen atoms in total. The third-order valence-corrected chi connectivity index (χ3v) is 6.78. The topological polar surface area (TPSA) is 99.4 Å². The summed E-state index contributed by atoms with van der Waals surface area (Å²) in [5.74, 6) is -0.449. The number of aromatic nitrogens is 4. The van der Waals surface area contributed by atoms with Crippen LogP contribution in [-0.2, 0) is 4.79 Å². The molecule has 0 radical (unpaired) electrons. The zero-order chi connectivity index (χ0) is 26.4. The van der Waals surface area contributed by atoms with Crippen molar-refractivity contribution in [2.75, 3.05) is 14.2 Å². The molecule has 0 fully saturated rings. The summed E-state index contributed by atoms with van der Waals surface area (Å²) in [5, 5.41) is 5.68. The fourth-order valence-electron chi connectivity index (χ4n) is 4.69. The first-order valence-corrected chi connectivity index (χ1v) is 12.3. The highest BCUT2D eigenvalue weighted by Crippen LogP contribution is 2.46. The Hall–Kier alpha value is -3.69. The summed E-state index contributed by atoms with van der Waals surface area (Å²) in [6, 6.07) is 6.69. The molecular weight excluding hydrogens is 517 g/mol. The van der Waals surface area contributed by atoms with Gasteiger partial charge in [0.1, 0.15) is 5.69 Å². The Labute approximate surface area is 223 Å². The molecular formula is C26H23Cl2N5O4. The second-order valence-corrected chi connectivity index (χ2v) is 9.71. The van der Waals surface area contributed by atoms with E-state index in [1.807, 2.05) is 26.0 Å². The average molecular weight is 540 g/mol. The average Bonchev–Trinajstić information content (AvgIpc) is 3.40. The van der Waals surface area contributed by atoms with Gasteiger partial charge in [-0.15, -0.1) is 0 Å². The quantitative estimate of drug-likeness (QED) is 0.435. The highest BCUT2D eigenvalue weighted by atomic mass is 35.5. The van der Waals surface area contributed by atoms with Gasteiger partial charge in [-0.3, -0.25) is 14.5 Å². The fourth-order valence-corrected chi connectivity index (χ4v) is 4.99. The van der Waals surface area contributed by atoms with Gasteiger partial charge in [0.05, 0.1) is 37.8 Å². The van der Waals surface area contributed by atoms with E-state index < -0.39 is 11.9 Å². The molecule has 5 rings (SSSR count). The molecule has 3 aromatic rings. The van der Waals surface area contributed by atoms with Crippen molar-refractivity contribution < 1.29 is 19.1 Å². The van der Waals surface area contributed by atoms with Crippen molar-refractivity contribution in [3.05, 3.63) is 80.9 Å². The van der Waals surface area contributed by atoms with E-state index in [-0.39, 0.29) is 41.4 Å². The van der Waals surface area contributed by atoms with Crippen molar-refractivity contribution in [3.8, 4) is 17.6 Å². The van der Waals surface area contributed by atoms with Gasteiger partial charge in [-0.05, 0) is 29.7 Å². The number of methoxy groups -OCH3 is 2. The minimum atomic E-state index is -0.631. The zero-order valence-electron chi connectivity index (χ0n) is 20.5. The van der Waals surface area contributed by atoms with Crippen LogP contribution in [0.3, 0.4) is 0 Å². The normalized spacial score (nSPS) is 17.2. The van der Waals surface area contributed by atoms with Gasteiger partial charge < -0.3 is 9.47 Å². The molecule has 1 aliphatic carbocycles. The van der Waals surface area contributed by atoms with Crippen LogP contribution < -0.4 is 9.47 Å². The molecule has 1 unspecified atom stereocenters. The number of halogens is 2. The van der Waals surface area contributed by atoms with Crippen LogP contribution in [-0.4, -0.2) is 50.6 Å². The van der Waals surface area contributed by atoms with Crippen molar-refractivity contribution in [3.63, 3.8) is 0 Å². The van der Waals surface area contributed by atoms with Crippen molar-refractivity contribution in [2.24, 2.45) is 0 Å². The standard InChI is InChI=1S/C26H23Cl2N5O4/c1-13(2)22-20-21(31-33(22)18-12-29-26(37-4)30-24(18)36-3)25(35)32(17-11-16(28)9-10-19(17)34)23(20)14-5-7-15(27)8-6-14/h5-9,11-13,23H,10H2,1-4H3. The predicted octanol–water partition coefficient (Wildman–Crippen LogP) is 4.98. The molecule has 0 bridgehead atoms. The van der Waals surface area contributed by atoms with Crippen molar-refractivity contribution in [1.82, 2.24) is 24.6 Å². The molecule has 190 valence electrons. The summed E-state index contributed by atoms with van der Waals surface area (Å²) in [6.07, 6.45) is 4.80. The summed E-state index contributed by atoms with van der Waals surface area (Å²) in [7, 11) is 2.95. The van der Waals surface area contributed by atoms with E-state index in [4.69, 9.17) is 37.8 Å². The van der Waals surface area contributed by atoms with Gasteiger partial charge in [0.25, 0.3) is 5.91 Å². The van der Waals surface area contributed by atoms with Gasteiger partial charge in [-0.25, -0.2) is 9.67 Å². The number of fused-ring (bicyclic) bond motifs is 1. The molecule has 1 aromatic carbocycles. The first-order chi connectivity index (χ1) is 17.7. The van der Waals surface area contributed by atoms with Crippen molar-refractivity contribution in [1.29, 1.82) is 0 Å². The fraction of sp³-hybridized carbons (Fsp3) is 0.269. The number of allylic oxidation sites excluding steroid dienone is 4. The van der Waals surface area contributed by atoms with E-state index in [2.05, 4.69) is 9.97 Å². The number of benzene rings is 1. The Morgan fingerprint density at radius 1 is 1.08 bits per heavy atom. The second-order valence-electron chi connectivity index (χ2n) is 8.84. The third kappa shape index (κ3) is 4.18. The molecule has 1 amide bonds. The molecule has 0 saturated carbocycles. The van der Waals surface area contributed by atoms with Gasteiger partial charge in [-0.2, -0.15) is 10.1 Å². The number of nitrogens with zero attached hydrogens (tertiary/aromatic N) is 5. The van der Waals surface area contributed by atoms with Gasteiger partial charge >= 0.3 is 6.01 Å². The summed E-state index contributed by atoms with van der Waals surface area (Å²) >= 11 is 12.4. The predicted molar refractivity (Wildman–Crippen MR) is 137 cm³/mol. The maximum absolute atomic E-state index is 14.0. The Balaban J connectivity index is 1.77. The van der Waals surface area contributed by atoms with E-state index in [9.17, 15) is 9.59 Å². The minimum Gasteiger partial charge on any atom is -0.479 e. The molecule has 37 heavy (non-hydrogen) atoms. The summed E-state index contributed by atoms with van der Waals surface area (Å²) in [4.78, 5) is 36.9. The number of carbonyl (C=O) groups excluding carboxylic acids is 2. The number of rotatable bonds is 6. The van der Waals surface area contributed by atoms with E-state index >= 15 is 0 Å². The largest absolute Gasteiger partial charge is 0.479 e. The maximum atomic E-state index is 14.0. The van der Waals surface area contributed by atoms with Gasteiger partial charge in [0.2, 0.25) is 5.88 Å². The lowest BCUT2D eigenvalue weighted by Gasteiger charge is -2.30. The lowest BCUT2D eigenvalue weighted by molar-refractivity contribution is -0.116. The third-order valence-electron chi connectivity index (χ3n) is 6.26. The Morgan fingerprint density at radius 3 is 2.46 bits per heavy atom. The van der Waals surface area contributed by atoms with Gasteiger partial charge in [0.15, 0.2) is 11.5 Å². The van der Waals surface area contributed by atoms with E-state index in [0.29, 0.717) is 21.3 Å². The van der Waals surface area contributed by atoms with E-state index in [1.54, 1.807) is 22.9 Å². The van der Waals surface area contributed by atoms with Crippen molar-refractivity contribution >= 4 is 34.9 Å². The van der Waals surface area contributed by atoms with Gasteiger partial charge in [0, 0.05) is 22.0 Å². The lowest BCUT2D eigenvalue weighted by atomic mass is 9.94. The number of amides is 1. The minimum absolute atomic E-state index is 0.0786. The number of hydrogen-bond acceptors (Lipinski definition) is 7. The summed E-state index contributed by atoms with van der Waals surface area (Å²) in [6.45, 7) is 4.00. The molecule has 11 heteroatoms. The summed E-state index contributed by atoms with van der Waals surface area (Å²) < 4.78 is 12.3. The van der Waals surface area contributed by atoms with E-state index in [1.165, 1.54) is 31.4 Å². The van der Waals surface area contributed by atoms with Crippen molar-refractivity contribution in [2.45, 2.75) is 32.2 Å². The molecule has 3 heterocycles. The SMILES string of the molecule is COc1ncc(-n2nc3c(c2C(C)C)C(c2ccc(Cl)cc2)N(C2=CC(Cl)=CCC2=O)C3=O)c(OC)n1. The van der Waals surface area contributed by atoms with Crippen LogP contribution in [0.5, 0.6) is 11.9 Å². The lowest BCUT2D eigenvalue weighted by Crippen LogP contribution is -2.33. The van der Waals surface area contributed by atoms with Crippen LogP contribution in [0.1, 0.15) is 59.5 Å². The highest BCUT2D eigenvalue weighted by molar-refractivity contribution is 6.32. The number of carbonyl (C=O) groups is 2. The van der Waals surface area contributed by atoms with Crippen LogP contribution in [0, 0.1) is 0 Å². The molecule has 1 atom stereocenters. The van der Waals surface area contributed by atoms with Crippen LogP contribution in [0.4, 0.5) is 0 Å². The van der Waals surface area contributed by atoms with Crippen LogP contribution in [0.25, 0.3) is 5.69 Å². The van der Waals surface area contributed by atoms with E-state index in [0.717, 1.165) is 11.3 Å². The first-order valence-electron chi connectivity index (χ1n) is 11.5. The maximum Gasteiger partial charge on any atom is 0.319 e. The second kappa shape index (κ2) is 9.64. The van der Waals surface area contributed by atoms with Crippen LogP contribution in [0.15, 0.2) is 53.3 Å². The Bertz CT molecular complexity index is 1480. The monoisotopic (exact) mass is 539 g/mol. The summed E-state index contributed by atoms with van der Waals surface area (Å²) in [5.41, 5.74) is 3.11. The molecule has 0 spiro atoms. The molecule has 2 aromatic heterocycles. The zero-order valence-corrected chi connectivity index (χ0v) is 22.0. The van der Waals surface area contributed by atoms with Crippen LogP contribution in [0.2, 0.25) is 5.02 Å². The Kier molecular flexibility index (Phi) is 6.51. The molecule has 0 N–H and O–H groups in total. The number of ketones is 1. The Morgan fingerprint density at radius 2 is 1.81 bits per heavy atom. The first kappa shape index (κ1) is 25.0. The van der Waals surface area contributed by atoms with Gasteiger partial charge in [-0.1, -0.05) is 55.3 Å². The molecule has 2 aliphatic rings. The number of ether oxygens (including phenoxy) is 2. The van der Waals surface area contributed by atoms with Crippen LogP contribution >= 0.6 is 23.2 Å². The highest BCUT2D eigenvalue weighted by Gasteiger charge is 2.47. The molecule has 1 aliphatic heterocycles. The molecule has 0 saturated heterocycles.